The highest BCUT2D eigenvalue weighted by Crippen LogP contribution is 2.33. The van der Waals surface area contributed by atoms with Crippen molar-refractivity contribution in [3.63, 3.8) is 0 Å². The van der Waals surface area contributed by atoms with Crippen molar-refractivity contribution >= 4 is 43.5 Å². The van der Waals surface area contributed by atoms with Gasteiger partial charge in [-0.3, -0.25) is 14.2 Å². The van der Waals surface area contributed by atoms with Gasteiger partial charge in [-0.05, 0) is 13.0 Å². The van der Waals surface area contributed by atoms with Crippen molar-refractivity contribution in [2.75, 3.05) is 31.1 Å². The summed E-state index contributed by atoms with van der Waals surface area (Å²) < 4.78 is 29.0. The van der Waals surface area contributed by atoms with Gasteiger partial charge in [0.2, 0.25) is 16.0 Å². The van der Waals surface area contributed by atoms with Gasteiger partial charge in [0.15, 0.2) is 0 Å². The third-order valence-electron chi connectivity index (χ3n) is 4.78. The van der Waals surface area contributed by atoms with Crippen molar-refractivity contribution in [1.29, 1.82) is 0 Å². The molecule has 0 radical (unpaired) electrons. The number of carboxylic acids is 1. The average Bonchev–Trinajstić information content (AvgIpc) is 3.08. The van der Waals surface area contributed by atoms with Gasteiger partial charge >= 0.3 is 5.97 Å². The summed E-state index contributed by atoms with van der Waals surface area (Å²) in [4.78, 5) is 38.8. The van der Waals surface area contributed by atoms with Crippen LogP contribution in [-0.4, -0.2) is 69.5 Å². The minimum atomic E-state index is -3.97. The average molecular weight is 451 g/mol. The third kappa shape index (κ3) is 3.55. The Balaban J connectivity index is 1.68. The number of fused-ring (bicyclic) bond motifs is 1. The number of anilines is 1. The van der Waals surface area contributed by atoms with E-state index < -0.39 is 28.1 Å². The molecule has 0 unspecified atom stereocenters. The van der Waals surface area contributed by atoms with Crippen LogP contribution in [-0.2, 0) is 21.4 Å². The first-order chi connectivity index (χ1) is 14.3. The lowest BCUT2D eigenvalue weighted by molar-refractivity contribution is -0.137. The SMILES string of the molecule is Cc1sc2ncn(CC(=O)O)c(=O)c2c1S(=O)(=O)N1CCN(c2ncccn2)CC1. The van der Waals surface area contributed by atoms with Gasteiger partial charge in [-0.25, -0.2) is 23.4 Å². The number of aryl methyl sites for hydroxylation is 1. The molecule has 13 heteroatoms. The van der Waals surface area contributed by atoms with Crippen LogP contribution in [0.2, 0.25) is 0 Å². The molecule has 158 valence electrons. The maximum atomic E-state index is 13.4. The number of aromatic nitrogens is 4. The zero-order chi connectivity index (χ0) is 21.5. The number of nitrogens with zero attached hydrogens (tertiary/aromatic N) is 6. The normalized spacial score (nSPS) is 15.6. The summed E-state index contributed by atoms with van der Waals surface area (Å²) in [6, 6.07) is 1.71. The summed E-state index contributed by atoms with van der Waals surface area (Å²) >= 11 is 1.10. The van der Waals surface area contributed by atoms with Crippen LogP contribution in [0.4, 0.5) is 5.95 Å². The van der Waals surface area contributed by atoms with Crippen molar-refractivity contribution in [2.24, 2.45) is 0 Å². The van der Waals surface area contributed by atoms with Crippen molar-refractivity contribution in [3.8, 4) is 0 Å². The molecule has 3 aromatic rings. The Bertz CT molecular complexity index is 1260. The molecule has 1 aliphatic heterocycles. The van der Waals surface area contributed by atoms with Crippen LogP contribution < -0.4 is 10.5 Å². The Hall–Kier alpha value is -2.90. The first-order valence-electron chi connectivity index (χ1n) is 9.01. The number of piperazine rings is 1. The first kappa shape index (κ1) is 20.4. The van der Waals surface area contributed by atoms with Gasteiger partial charge in [-0.15, -0.1) is 11.3 Å². The number of carboxylic acid groups (broad SMARTS) is 1. The first-order valence-corrected chi connectivity index (χ1v) is 11.3. The molecule has 1 aliphatic rings. The third-order valence-corrected chi connectivity index (χ3v) is 7.99. The lowest BCUT2D eigenvalue weighted by Crippen LogP contribution is -2.49. The fourth-order valence-corrected chi connectivity index (χ4v) is 6.48. The topological polar surface area (TPSA) is 139 Å². The van der Waals surface area contributed by atoms with E-state index in [0.29, 0.717) is 23.9 Å². The molecule has 0 amide bonds. The number of carbonyl (C=O) groups is 1. The zero-order valence-electron chi connectivity index (χ0n) is 15.9. The molecule has 0 bridgehead atoms. The largest absolute Gasteiger partial charge is 0.480 e. The Morgan fingerprint density at radius 3 is 2.47 bits per heavy atom. The second-order valence-corrected chi connectivity index (χ2v) is 9.76. The molecule has 30 heavy (non-hydrogen) atoms. The van der Waals surface area contributed by atoms with Crippen LogP contribution in [0.3, 0.4) is 0 Å². The molecule has 0 saturated carbocycles. The van der Waals surface area contributed by atoms with E-state index in [9.17, 15) is 18.0 Å². The molecule has 0 atom stereocenters. The van der Waals surface area contributed by atoms with E-state index in [1.54, 1.807) is 25.4 Å². The smallest absolute Gasteiger partial charge is 0.323 e. The second kappa shape index (κ2) is 7.74. The summed E-state index contributed by atoms with van der Waals surface area (Å²) in [6.45, 7) is 2.26. The monoisotopic (exact) mass is 450 g/mol. The van der Waals surface area contributed by atoms with Crippen LogP contribution in [0.1, 0.15) is 4.88 Å². The molecule has 0 aromatic carbocycles. The summed E-state index contributed by atoms with van der Waals surface area (Å²) in [5, 5.41) is 8.93. The predicted octanol–water partition coefficient (Wildman–Crippen LogP) is 0.152. The van der Waals surface area contributed by atoms with Crippen LogP contribution in [0.15, 0.2) is 34.5 Å². The predicted molar refractivity (Wildman–Crippen MR) is 109 cm³/mol. The molecular weight excluding hydrogens is 432 g/mol. The van der Waals surface area contributed by atoms with E-state index in [-0.39, 0.29) is 28.2 Å². The van der Waals surface area contributed by atoms with Gasteiger partial charge < -0.3 is 10.0 Å². The Morgan fingerprint density at radius 2 is 1.83 bits per heavy atom. The van der Waals surface area contributed by atoms with Gasteiger partial charge in [0, 0.05) is 43.4 Å². The van der Waals surface area contributed by atoms with Gasteiger partial charge in [-0.1, -0.05) is 0 Å². The second-order valence-electron chi connectivity index (χ2n) is 6.68. The van der Waals surface area contributed by atoms with Gasteiger partial charge in [-0.2, -0.15) is 4.31 Å². The Morgan fingerprint density at radius 1 is 1.17 bits per heavy atom. The van der Waals surface area contributed by atoms with Gasteiger partial charge in [0.05, 0.1) is 11.7 Å². The van der Waals surface area contributed by atoms with Crippen molar-refractivity contribution in [2.45, 2.75) is 18.4 Å². The summed E-state index contributed by atoms with van der Waals surface area (Å²) in [6.07, 6.45) is 4.38. The number of hydrogen-bond acceptors (Lipinski definition) is 9. The van der Waals surface area contributed by atoms with Crippen LogP contribution in [0, 0.1) is 6.92 Å². The van der Waals surface area contributed by atoms with E-state index in [0.717, 1.165) is 22.2 Å². The highest BCUT2D eigenvalue weighted by atomic mass is 32.2. The van der Waals surface area contributed by atoms with Crippen LogP contribution >= 0.6 is 11.3 Å². The lowest BCUT2D eigenvalue weighted by atomic mass is 10.3. The molecule has 1 fully saturated rings. The van der Waals surface area contributed by atoms with Crippen molar-refractivity contribution in [1.82, 2.24) is 23.8 Å². The number of rotatable bonds is 5. The number of hydrogen-bond donors (Lipinski definition) is 1. The number of aliphatic carboxylic acids is 1. The standard InChI is InChI=1S/C17H18N6O5S2/c1-11-14(13-15(29-11)20-10-22(16(13)26)9-12(24)25)30(27,28)23-7-5-21(6-8-23)17-18-3-2-4-19-17/h2-4,10H,5-9H2,1H3,(H,24,25). The Kier molecular flexibility index (Phi) is 5.26. The summed E-state index contributed by atoms with van der Waals surface area (Å²) in [5.74, 6) is -0.679. The maximum absolute atomic E-state index is 13.4. The highest BCUT2D eigenvalue weighted by Gasteiger charge is 2.34. The molecule has 3 aromatic heterocycles. The van der Waals surface area contributed by atoms with Crippen molar-refractivity contribution < 1.29 is 18.3 Å². The Labute approximate surface area is 175 Å². The highest BCUT2D eigenvalue weighted by molar-refractivity contribution is 7.89. The van der Waals surface area contributed by atoms with E-state index in [4.69, 9.17) is 5.11 Å². The van der Waals surface area contributed by atoms with E-state index in [1.165, 1.54) is 4.31 Å². The van der Waals surface area contributed by atoms with E-state index >= 15 is 0 Å². The molecule has 1 N–H and O–H groups in total. The minimum absolute atomic E-state index is 0.0601. The summed E-state index contributed by atoms with van der Waals surface area (Å²) in [5.41, 5.74) is -0.679. The molecular formula is C17H18N6O5S2. The lowest BCUT2D eigenvalue weighted by Gasteiger charge is -2.33. The number of thiophene rings is 1. The fraction of sp³-hybridized carbons (Fsp3) is 0.353. The maximum Gasteiger partial charge on any atom is 0.323 e. The minimum Gasteiger partial charge on any atom is -0.480 e. The summed E-state index contributed by atoms with van der Waals surface area (Å²) in [7, 11) is -3.97. The molecule has 1 saturated heterocycles. The van der Waals surface area contributed by atoms with Gasteiger partial charge in [0.1, 0.15) is 16.3 Å². The van der Waals surface area contributed by atoms with Crippen molar-refractivity contribution in [3.05, 3.63) is 40.0 Å². The quantitative estimate of drug-likeness (QED) is 0.575. The van der Waals surface area contributed by atoms with Crippen LogP contribution in [0.25, 0.3) is 10.2 Å². The molecule has 4 heterocycles. The van der Waals surface area contributed by atoms with Gasteiger partial charge in [0.25, 0.3) is 5.56 Å². The molecule has 0 spiro atoms. The zero-order valence-corrected chi connectivity index (χ0v) is 17.6. The molecule has 11 nitrogen and oxygen atoms in total. The molecule has 0 aliphatic carbocycles. The van der Waals surface area contributed by atoms with E-state index in [1.807, 2.05) is 4.90 Å². The van der Waals surface area contributed by atoms with E-state index in [2.05, 4.69) is 15.0 Å². The molecule has 4 rings (SSSR count). The fourth-order valence-electron chi connectivity index (χ4n) is 3.39. The van der Waals surface area contributed by atoms with Crippen LogP contribution in [0.5, 0.6) is 0 Å². The number of sulfonamides is 1.